The van der Waals surface area contributed by atoms with Crippen molar-refractivity contribution in [2.75, 3.05) is 0 Å². The molecule has 2 aromatic rings. The van der Waals surface area contributed by atoms with Gasteiger partial charge in [0.15, 0.2) is 5.65 Å². The summed E-state index contributed by atoms with van der Waals surface area (Å²) in [7, 11) is 0. The summed E-state index contributed by atoms with van der Waals surface area (Å²) in [4.78, 5) is 7.42. The molecule has 0 atom stereocenters. The molecule has 0 unspecified atom stereocenters. The van der Waals surface area contributed by atoms with Gasteiger partial charge in [-0.15, -0.1) is 0 Å². The van der Waals surface area contributed by atoms with Crippen LogP contribution in [0.3, 0.4) is 0 Å². The Morgan fingerprint density at radius 2 is 2.29 bits per heavy atom. The van der Waals surface area contributed by atoms with E-state index in [2.05, 4.69) is 9.97 Å². The fourth-order valence-corrected chi connectivity index (χ4v) is 1.31. The van der Waals surface area contributed by atoms with E-state index in [4.69, 9.17) is 5.11 Å². The van der Waals surface area contributed by atoms with Crippen molar-refractivity contribution in [1.82, 2.24) is 14.4 Å². The van der Waals surface area contributed by atoms with Crippen LogP contribution in [0.5, 0.6) is 0 Å². The van der Waals surface area contributed by atoms with Gasteiger partial charge in [-0.3, -0.25) is 9.38 Å². The van der Waals surface area contributed by atoms with E-state index in [9.17, 15) is 8.78 Å². The summed E-state index contributed by atoms with van der Waals surface area (Å²) >= 11 is 0. The third kappa shape index (κ3) is 1.24. The summed E-state index contributed by atoms with van der Waals surface area (Å²) in [5, 5.41) is 8.94. The van der Waals surface area contributed by atoms with E-state index in [-0.39, 0.29) is 11.4 Å². The van der Waals surface area contributed by atoms with Gasteiger partial charge in [0.05, 0.1) is 18.5 Å². The zero-order valence-corrected chi connectivity index (χ0v) is 7.06. The fourth-order valence-electron chi connectivity index (χ4n) is 1.31. The van der Waals surface area contributed by atoms with Crippen molar-refractivity contribution in [3.8, 4) is 0 Å². The molecule has 2 aromatic heterocycles. The number of rotatable bonds is 2. The molecular formula is C8H7F2N3O. The van der Waals surface area contributed by atoms with Crippen molar-refractivity contribution in [3.05, 3.63) is 30.0 Å². The normalized spacial score (nSPS) is 11.4. The number of hydrogen-bond donors (Lipinski definition) is 1. The molecule has 14 heavy (non-hydrogen) atoms. The van der Waals surface area contributed by atoms with Gasteiger partial charge >= 0.3 is 0 Å². The van der Waals surface area contributed by atoms with E-state index in [0.29, 0.717) is 5.65 Å². The van der Waals surface area contributed by atoms with Gasteiger partial charge in [0.2, 0.25) is 0 Å². The minimum atomic E-state index is -2.68. The molecular weight excluding hydrogens is 192 g/mol. The highest BCUT2D eigenvalue weighted by atomic mass is 19.3. The van der Waals surface area contributed by atoms with Crippen LogP contribution in [-0.2, 0) is 6.61 Å². The Morgan fingerprint density at radius 3 is 2.93 bits per heavy atom. The molecule has 0 amide bonds. The maximum Gasteiger partial charge on any atom is 0.282 e. The molecule has 0 aromatic carbocycles. The van der Waals surface area contributed by atoms with Gasteiger partial charge < -0.3 is 5.11 Å². The fraction of sp³-hybridized carbons (Fsp3) is 0.250. The predicted molar refractivity (Wildman–Crippen MR) is 43.9 cm³/mol. The Bertz CT molecular complexity index is 455. The van der Waals surface area contributed by atoms with Crippen LogP contribution in [0.4, 0.5) is 8.78 Å². The van der Waals surface area contributed by atoms with Gasteiger partial charge in [-0.05, 0) is 0 Å². The topological polar surface area (TPSA) is 50.4 Å². The standard InChI is InChI=1S/C8H7F2N3O/c9-8(10)7-5(4-14)13-2-1-11-3-6(13)12-7/h1-3,8,14H,4H2. The molecule has 74 valence electrons. The van der Waals surface area contributed by atoms with Gasteiger partial charge in [0, 0.05) is 12.4 Å². The highest BCUT2D eigenvalue weighted by Gasteiger charge is 2.18. The number of aliphatic hydroxyl groups is 1. The van der Waals surface area contributed by atoms with E-state index < -0.39 is 13.0 Å². The average molecular weight is 199 g/mol. The second kappa shape index (κ2) is 3.30. The van der Waals surface area contributed by atoms with Crippen LogP contribution in [0.15, 0.2) is 18.6 Å². The first kappa shape index (κ1) is 9.01. The number of halogens is 2. The Morgan fingerprint density at radius 1 is 1.50 bits per heavy atom. The molecule has 2 rings (SSSR count). The van der Waals surface area contributed by atoms with Crippen LogP contribution in [0.1, 0.15) is 17.8 Å². The first-order chi connectivity index (χ1) is 6.74. The summed E-state index contributed by atoms with van der Waals surface area (Å²) in [6.07, 6.45) is 1.62. The van der Waals surface area contributed by atoms with Gasteiger partial charge in [0.25, 0.3) is 6.43 Å². The zero-order chi connectivity index (χ0) is 10.1. The molecule has 2 heterocycles. The van der Waals surface area contributed by atoms with Crippen molar-refractivity contribution in [1.29, 1.82) is 0 Å². The maximum absolute atomic E-state index is 12.4. The van der Waals surface area contributed by atoms with Crippen LogP contribution >= 0.6 is 0 Å². The Labute approximate surface area is 77.8 Å². The average Bonchev–Trinajstić information content (AvgIpc) is 2.56. The van der Waals surface area contributed by atoms with E-state index in [1.165, 1.54) is 23.0 Å². The highest BCUT2D eigenvalue weighted by Crippen LogP contribution is 2.22. The highest BCUT2D eigenvalue weighted by molar-refractivity contribution is 5.40. The van der Waals surface area contributed by atoms with Crippen molar-refractivity contribution in [2.24, 2.45) is 0 Å². The lowest BCUT2D eigenvalue weighted by Gasteiger charge is -1.98. The summed E-state index contributed by atoms with van der Waals surface area (Å²) in [5.41, 5.74) is 0.0322. The minimum absolute atomic E-state index is 0.109. The quantitative estimate of drug-likeness (QED) is 0.789. The third-order valence-electron chi connectivity index (χ3n) is 1.92. The lowest BCUT2D eigenvalue weighted by Crippen LogP contribution is -1.96. The maximum atomic E-state index is 12.4. The number of fused-ring (bicyclic) bond motifs is 1. The summed E-state index contributed by atoms with van der Waals surface area (Å²) in [6, 6.07) is 0. The molecule has 0 saturated carbocycles. The van der Waals surface area contributed by atoms with Crippen LogP contribution in [0.25, 0.3) is 5.65 Å². The van der Waals surface area contributed by atoms with Crippen molar-refractivity contribution >= 4 is 5.65 Å². The molecule has 0 aliphatic carbocycles. The molecule has 0 aliphatic rings. The van der Waals surface area contributed by atoms with E-state index in [1.807, 2.05) is 0 Å². The number of hydrogen-bond acceptors (Lipinski definition) is 3. The molecule has 4 nitrogen and oxygen atoms in total. The molecule has 0 saturated heterocycles. The van der Waals surface area contributed by atoms with E-state index >= 15 is 0 Å². The molecule has 0 aliphatic heterocycles. The smallest absolute Gasteiger partial charge is 0.282 e. The number of nitrogens with zero attached hydrogens (tertiary/aromatic N) is 3. The van der Waals surface area contributed by atoms with Gasteiger partial charge in [-0.2, -0.15) is 0 Å². The monoisotopic (exact) mass is 199 g/mol. The first-order valence-electron chi connectivity index (χ1n) is 3.94. The first-order valence-corrected chi connectivity index (χ1v) is 3.94. The largest absolute Gasteiger partial charge is 0.390 e. The second-order valence-electron chi connectivity index (χ2n) is 2.71. The van der Waals surface area contributed by atoms with Gasteiger partial charge in [-0.1, -0.05) is 0 Å². The molecule has 0 fully saturated rings. The minimum Gasteiger partial charge on any atom is -0.390 e. The van der Waals surface area contributed by atoms with Crippen LogP contribution < -0.4 is 0 Å². The second-order valence-corrected chi connectivity index (χ2v) is 2.71. The number of alkyl halides is 2. The SMILES string of the molecule is OCc1c(C(F)F)nc2cnccn12. The molecule has 0 spiro atoms. The third-order valence-corrected chi connectivity index (χ3v) is 1.92. The molecule has 1 N–H and O–H groups in total. The summed E-state index contributed by atoms with van der Waals surface area (Å²) in [6.45, 7) is -0.467. The van der Waals surface area contributed by atoms with Gasteiger partial charge in [-0.25, -0.2) is 13.8 Å². The van der Waals surface area contributed by atoms with Gasteiger partial charge in [0.1, 0.15) is 5.69 Å². The summed E-state index contributed by atoms with van der Waals surface area (Å²) < 4.78 is 26.3. The lowest BCUT2D eigenvalue weighted by molar-refractivity contribution is 0.142. The molecule has 0 radical (unpaired) electrons. The van der Waals surface area contributed by atoms with Crippen molar-refractivity contribution in [2.45, 2.75) is 13.0 Å². The van der Waals surface area contributed by atoms with E-state index in [0.717, 1.165) is 0 Å². The van der Waals surface area contributed by atoms with Crippen LogP contribution in [0, 0.1) is 0 Å². The summed E-state index contributed by atoms with van der Waals surface area (Å²) in [5.74, 6) is 0. The number of aromatic nitrogens is 3. The lowest BCUT2D eigenvalue weighted by atomic mass is 10.3. The Balaban J connectivity index is 2.72. The number of imidazole rings is 1. The molecule has 6 heteroatoms. The van der Waals surface area contributed by atoms with Crippen molar-refractivity contribution in [3.63, 3.8) is 0 Å². The van der Waals surface area contributed by atoms with Crippen LogP contribution in [0.2, 0.25) is 0 Å². The number of aliphatic hydroxyl groups excluding tert-OH is 1. The predicted octanol–water partition coefficient (Wildman–Crippen LogP) is 1.16. The van der Waals surface area contributed by atoms with E-state index in [1.54, 1.807) is 0 Å². The zero-order valence-electron chi connectivity index (χ0n) is 7.06. The van der Waals surface area contributed by atoms with Crippen molar-refractivity contribution < 1.29 is 13.9 Å². The Hall–Kier alpha value is -1.56. The van der Waals surface area contributed by atoms with Crippen LogP contribution in [-0.4, -0.2) is 19.5 Å². The molecule has 0 bridgehead atoms. The Kier molecular flexibility index (Phi) is 2.12.